The number of hydrogen-bond acceptors (Lipinski definition) is 3. The van der Waals surface area contributed by atoms with Crippen molar-refractivity contribution in [1.82, 2.24) is 9.55 Å². The highest BCUT2D eigenvalue weighted by Gasteiger charge is 2.06. The maximum atomic E-state index is 12.2. The van der Waals surface area contributed by atoms with E-state index in [1.807, 2.05) is 66.2 Å². The minimum Gasteiger partial charge on any atom is -0.492 e. The van der Waals surface area contributed by atoms with Crippen LogP contribution in [0.1, 0.15) is 15.9 Å². The van der Waals surface area contributed by atoms with Gasteiger partial charge in [0.1, 0.15) is 12.4 Å². The molecular formula is C19H19N3O2. The SMILES string of the molecule is Cc1ccc(C(=O)Nc2cccc(OCCn3ccnc3)c2)cc1. The zero-order valence-corrected chi connectivity index (χ0v) is 13.5. The van der Waals surface area contributed by atoms with Crippen molar-refractivity contribution in [2.75, 3.05) is 11.9 Å². The monoisotopic (exact) mass is 321 g/mol. The summed E-state index contributed by atoms with van der Waals surface area (Å²) in [6.45, 7) is 3.25. The average molecular weight is 321 g/mol. The number of benzene rings is 2. The summed E-state index contributed by atoms with van der Waals surface area (Å²) in [7, 11) is 0. The summed E-state index contributed by atoms with van der Waals surface area (Å²) < 4.78 is 7.67. The van der Waals surface area contributed by atoms with Gasteiger partial charge in [-0.25, -0.2) is 4.98 Å². The fraction of sp³-hybridized carbons (Fsp3) is 0.158. The second-order valence-corrected chi connectivity index (χ2v) is 5.50. The van der Waals surface area contributed by atoms with Crippen molar-refractivity contribution >= 4 is 11.6 Å². The molecule has 0 aliphatic rings. The van der Waals surface area contributed by atoms with Crippen LogP contribution >= 0.6 is 0 Å². The molecule has 0 saturated carbocycles. The topological polar surface area (TPSA) is 56.1 Å². The Morgan fingerprint density at radius 2 is 2.04 bits per heavy atom. The van der Waals surface area contributed by atoms with Crippen LogP contribution in [0.5, 0.6) is 5.75 Å². The molecule has 0 bridgehead atoms. The molecule has 0 saturated heterocycles. The highest BCUT2D eigenvalue weighted by Crippen LogP contribution is 2.18. The molecule has 5 heteroatoms. The predicted octanol–water partition coefficient (Wildman–Crippen LogP) is 3.52. The van der Waals surface area contributed by atoms with E-state index in [0.29, 0.717) is 17.9 Å². The third-order valence-corrected chi connectivity index (χ3v) is 3.58. The first-order valence-corrected chi connectivity index (χ1v) is 7.77. The molecule has 1 heterocycles. The molecule has 0 unspecified atom stereocenters. The van der Waals surface area contributed by atoms with Crippen LogP contribution in [0.4, 0.5) is 5.69 Å². The Morgan fingerprint density at radius 3 is 2.79 bits per heavy atom. The van der Waals surface area contributed by atoms with Crippen LogP contribution in [0.2, 0.25) is 0 Å². The molecule has 0 fully saturated rings. The standard InChI is InChI=1S/C19H19N3O2/c1-15-5-7-16(8-6-15)19(23)21-17-3-2-4-18(13-17)24-12-11-22-10-9-20-14-22/h2-10,13-14H,11-12H2,1H3,(H,21,23). The maximum absolute atomic E-state index is 12.2. The van der Waals surface area contributed by atoms with Crippen molar-refractivity contribution in [3.05, 3.63) is 78.4 Å². The van der Waals surface area contributed by atoms with Gasteiger partial charge in [0, 0.05) is 29.7 Å². The van der Waals surface area contributed by atoms with Gasteiger partial charge in [0.15, 0.2) is 0 Å². The molecule has 0 aliphatic carbocycles. The number of aryl methyl sites for hydroxylation is 1. The summed E-state index contributed by atoms with van der Waals surface area (Å²) in [5, 5.41) is 2.89. The van der Waals surface area contributed by atoms with E-state index in [2.05, 4.69) is 10.3 Å². The number of nitrogens with one attached hydrogen (secondary N) is 1. The van der Waals surface area contributed by atoms with Crippen molar-refractivity contribution in [1.29, 1.82) is 0 Å². The molecule has 122 valence electrons. The zero-order chi connectivity index (χ0) is 16.8. The fourth-order valence-electron chi connectivity index (χ4n) is 2.26. The van der Waals surface area contributed by atoms with Gasteiger partial charge in [-0.15, -0.1) is 0 Å². The van der Waals surface area contributed by atoms with Gasteiger partial charge in [-0.3, -0.25) is 4.79 Å². The molecule has 1 N–H and O–H groups in total. The van der Waals surface area contributed by atoms with E-state index in [-0.39, 0.29) is 5.91 Å². The van der Waals surface area contributed by atoms with Crippen molar-refractivity contribution in [3.8, 4) is 5.75 Å². The Hall–Kier alpha value is -3.08. The third-order valence-electron chi connectivity index (χ3n) is 3.58. The second-order valence-electron chi connectivity index (χ2n) is 5.50. The molecule has 1 aromatic heterocycles. The summed E-state index contributed by atoms with van der Waals surface area (Å²) in [6, 6.07) is 14.9. The molecule has 2 aromatic carbocycles. The van der Waals surface area contributed by atoms with Gasteiger partial charge in [0.05, 0.1) is 12.9 Å². The van der Waals surface area contributed by atoms with Gasteiger partial charge in [0.2, 0.25) is 0 Å². The fourth-order valence-corrected chi connectivity index (χ4v) is 2.26. The molecule has 0 spiro atoms. The van der Waals surface area contributed by atoms with Crippen LogP contribution in [0, 0.1) is 6.92 Å². The zero-order valence-electron chi connectivity index (χ0n) is 13.5. The van der Waals surface area contributed by atoms with Crippen LogP contribution in [0.25, 0.3) is 0 Å². The Morgan fingerprint density at radius 1 is 1.21 bits per heavy atom. The summed E-state index contributed by atoms with van der Waals surface area (Å²) in [5.74, 6) is 0.586. The largest absolute Gasteiger partial charge is 0.492 e. The van der Waals surface area contributed by atoms with Crippen LogP contribution in [0.15, 0.2) is 67.3 Å². The summed E-state index contributed by atoms with van der Waals surface area (Å²) in [4.78, 5) is 16.2. The Bertz CT molecular complexity index is 796. The molecule has 0 atom stereocenters. The molecule has 0 radical (unpaired) electrons. The van der Waals surface area contributed by atoms with E-state index in [0.717, 1.165) is 17.9 Å². The van der Waals surface area contributed by atoms with E-state index >= 15 is 0 Å². The van der Waals surface area contributed by atoms with Crippen molar-refractivity contribution in [2.24, 2.45) is 0 Å². The summed E-state index contributed by atoms with van der Waals surface area (Å²) in [5.41, 5.74) is 2.47. The van der Waals surface area contributed by atoms with E-state index < -0.39 is 0 Å². The Kier molecular flexibility index (Phi) is 4.91. The molecule has 3 rings (SSSR count). The van der Waals surface area contributed by atoms with Crippen molar-refractivity contribution < 1.29 is 9.53 Å². The van der Waals surface area contributed by atoms with Gasteiger partial charge in [-0.2, -0.15) is 0 Å². The van der Waals surface area contributed by atoms with E-state index in [1.165, 1.54) is 0 Å². The van der Waals surface area contributed by atoms with Gasteiger partial charge in [0.25, 0.3) is 5.91 Å². The lowest BCUT2D eigenvalue weighted by Crippen LogP contribution is -2.12. The molecule has 0 aliphatic heterocycles. The lowest BCUT2D eigenvalue weighted by atomic mass is 10.1. The van der Waals surface area contributed by atoms with Gasteiger partial charge < -0.3 is 14.6 Å². The second kappa shape index (κ2) is 7.46. The first-order chi connectivity index (χ1) is 11.7. The minimum atomic E-state index is -0.134. The number of nitrogens with zero attached hydrogens (tertiary/aromatic N) is 2. The average Bonchev–Trinajstić information content (AvgIpc) is 3.09. The van der Waals surface area contributed by atoms with E-state index in [1.54, 1.807) is 12.5 Å². The normalized spacial score (nSPS) is 10.4. The number of rotatable bonds is 6. The van der Waals surface area contributed by atoms with Gasteiger partial charge in [-0.05, 0) is 31.2 Å². The highest BCUT2D eigenvalue weighted by atomic mass is 16.5. The van der Waals surface area contributed by atoms with Crippen molar-refractivity contribution in [3.63, 3.8) is 0 Å². The number of amides is 1. The number of ether oxygens (including phenoxy) is 1. The maximum Gasteiger partial charge on any atom is 0.255 e. The third kappa shape index (κ3) is 4.23. The number of hydrogen-bond donors (Lipinski definition) is 1. The first kappa shape index (κ1) is 15.8. The predicted molar refractivity (Wildman–Crippen MR) is 93.3 cm³/mol. The molecular weight excluding hydrogens is 302 g/mol. The number of carbonyl (C=O) groups is 1. The smallest absolute Gasteiger partial charge is 0.255 e. The Balaban J connectivity index is 1.58. The minimum absolute atomic E-state index is 0.134. The number of aromatic nitrogens is 2. The van der Waals surface area contributed by atoms with E-state index in [4.69, 9.17) is 4.74 Å². The summed E-state index contributed by atoms with van der Waals surface area (Å²) in [6.07, 6.45) is 5.38. The number of carbonyl (C=O) groups excluding carboxylic acids is 1. The lowest BCUT2D eigenvalue weighted by molar-refractivity contribution is 0.102. The Labute approximate surface area is 140 Å². The van der Waals surface area contributed by atoms with Crippen molar-refractivity contribution in [2.45, 2.75) is 13.5 Å². The molecule has 1 amide bonds. The van der Waals surface area contributed by atoms with Crippen LogP contribution < -0.4 is 10.1 Å². The molecule has 24 heavy (non-hydrogen) atoms. The van der Waals surface area contributed by atoms with Crippen LogP contribution in [-0.4, -0.2) is 22.1 Å². The van der Waals surface area contributed by atoms with Crippen LogP contribution in [0.3, 0.4) is 0 Å². The summed E-state index contributed by atoms with van der Waals surface area (Å²) >= 11 is 0. The first-order valence-electron chi connectivity index (χ1n) is 7.77. The molecule has 5 nitrogen and oxygen atoms in total. The number of anilines is 1. The van der Waals surface area contributed by atoms with Gasteiger partial charge in [-0.1, -0.05) is 23.8 Å². The van der Waals surface area contributed by atoms with Gasteiger partial charge >= 0.3 is 0 Å². The highest BCUT2D eigenvalue weighted by molar-refractivity contribution is 6.04. The quantitative estimate of drug-likeness (QED) is 0.756. The number of imidazole rings is 1. The van der Waals surface area contributed by atoms with Crippen LogP contribution in [-0.2, 0) is 6.54 Å². The lowest BCUT2D eigenvalue weighted by Gasteiger charge is -2.10. The molecule has 3 aromatic rings. The van der Waals surface area contributed by atoms with E-state index in [9.17, 15) is 4.79 Å².